The highest BCUT2D eigenvalue weighted by molar-refractivity contribution is 5.93. The molecule has 8 heteroatoms. The van der Waals surface area contributed by atoms with Crippen LogP contribution in [0.2, 0.25) is 0 Å². The number of nitrogens with one attached hydrogen (secondary N) is 2. The van der Waals surface area contributed by atoms with Crippen molar-refractivity contribution in [2.75, 3.05) is 31.3 Å². The Morgan fingerprint density at radius 1 is 1.00 bits per heavy atom. The third kappa shape index (κ3) is 6.61. The minimum Gasteiger partial charge on any atom is -0.376 e. The molecule has 2 N–H and O–H groups in total. The summed E-state index contributed by atoms with van der Waals surface area (Å²) in [6.07, 6.45) is -3.51. The number of benzene rings is 2. The minimum absolute atomic E-state index is 0.0267. The Hall–Kier alpha value is -3.03. The quantitative estimate of drug-likeness (QED) is 0.753. The minimum atomic E-state index is -4.46. The molecule has 0 unspecified atom stereocenters. The van der Waals surface area contributed by atoms with Crippen LogP contribution in [0.1, 0.15) is 17.5 Å². The van der Waals surface area contributed by atoms with Gasteiger partial charge < -0.3 is 15.5 Å². The smallest absolute Gasteiger partial charge is 0.376 e. The number of amides is 2. The van der Waals surface area contributed by atoms with E-state index in [9.17, 15) is 22.8 Å². The van der Waals surface area contributed by atoms with E-state index in [-0.39, 0.29) is 18.1 Å². The van der Waals surface area contributed by atoms with Crippen molar-refractivity contribution in [2.45, 2.75) is 19.0 Å². The summed E-state index contributed by atoms with van der Waals surface area (Å²) in [4.78, 5) is 25.2. The summed E-state index contributed by atoms with van der Waals surface area (Å²) in [5.41, 5.74) is 0.892. The number of rotatable bonds is 7. The number of carbonyl (C=O) groups is 2. The molecule has 5 nitrogen and oxygen atoms in total. The van der Waals surface area contributed by atoms with Gasteiger partial charge in [0.05, 0.1) is 12.1 Å². The number of alkyl halides is 3. The van der Waals surface area contributed by atoms with Crippen LogP contribution in [0.25, 0.3) is 0 Å². The molecule has 2 rings (SSSR count). The molecule has 2 amide bonds. The van der Waals surface area contributed by atoms with Crippen molar-refractivity contribution in [3.05, 3.63) is 59.7 Å². The molecule has 0 bridgehead atoms. The number of anilines is 2. The lowest BCUT2D eigenvalue weighted by Crippen LogP contribution is -2.22. The second-order valence-electron chi connectivity index (χ2n) is 6.47. The number of aryl methyl sites for hydroxylation is 1. The lowest BCUT2D eigenvalue weighted by Gasteiger charge is -2.12. The van der Waals surface area contributed by atoms with E-state index in [1.54, 1.807) is 20.2 Å². The predicted octanol–water partition coefficient (Wildman–Crippen LogP) is 3.78. The predicted molar refractivity (Wildman–Crippen MR) is 102 cm³/mol. The number of hydrogen-bond donors (Lipinski definition) is 2. The Bertz CT molecular complexity index is 835. The molecular formula is C20H22F3N3O2. The van der Waals surface area contributed by atoms with Crippen molar-refractivity contribution in [2.24, 2.45) is 0 Å². The van der Waals surface area contributed by atoms with Gasteiger partial charge in [-0.3, -0.25) is 9.59 Å². The molecule has 0 aliphatic heterocycles. The first kappa shape index (κ1) is 21.3. The van der Waals surface area contributed by atoms with Crippen molar-refractivity contribution in [3.8, 4) is 0 Å². The standard InChI is InChI=1S/C20H22F3N3O2/c1-26(2)19(28)10-9-14-5-3-7-16(11-14)24-13-18(27)25-17-8-4-6-15(12-17)20(21,22)23/h3-8,11-12,24H,9-10,13H2,1-2H3,(H,25,27). The normalized spacial score (nSPS) is 11.0. The molecule has 0 aromatic heterocycles. The van der Waals surface area contributed by atoms with Gasteiger partial charge >= 0.3 is 6.18 Å². The maximum Gasteiger partial charge on any atom is 0.416 e. The van der Waals surface area contributed by atoms with Gasteiger partial charge in [-0.2, -0.15) is 13.2 Å². The van der Waals surface area contributed by atoms with E-state index in [1.165, 1.54) is 17.0 Å². The summed E-state index contributed by atoms with van der Waals surface area (Å²) < 4.78 is 38.2. The first-order valence-corrected chi connectivity index (χ1v) is 8.65. The average Bonchev–Trinajstić information content (AvgIpc) is 2.64. The van der Waals surface area contributed by atoms with Crippen molar-refractivity contribution >= 4 is 23.2 Å². The van der Waals surface area contributed by atoms with E-state index in [1.807, 2.05) is 18.2 Å². The molecule has 0 spiro atoms. The average molecular weight is 393 g/mol. The molecular weight excluding hydrogens is 371 g/mol. The highest BCUT2D eigenvalue weighted by Crippen LogP contribution is 2.30. The van der Waals surface area contributed by atoms with Crippen LogP contribution in [0.15, 0.2) is 48.5 Å². The fourth-order valence-corrected chi connectivity index (χ4v) is 2.47. The molecule has 0 atom stereocenters. The largest absolute Gasteiger partial charge is 0.416 e. The van der Waals surface area contributed by atoms with Crippen LogP contribution in [0.3, 0.4) is 0 Å². The maximum absolute atomic E-state index is 12.7. The summed E-state index contributed by atoms with van der Waals surface area (Å²) in [5, 5.41) is 5.37. The van der Waals surface area contributed by atoms with E-state index in [0.717, 1.165) is 17.7 Å². The summed E-state index contributed by atoms with van der Waals surface area (Å²) >= 11 is 0. The molecule has 0 aliphatic carbocycles. The van der Waals surface area contributed by atoms with E-state index < -0.39 is 17.6 Å². The zero-order valence-electron chi connectivity index (χ0n) is 15.6. The molecule has 2 aromatic carbocycles. The Kier molecular flexibility index (Phi) is 7.03. The highest BCUT2D eigenvalue weighted by atomic mass is 19.4. The van der Waals surface area contributed by atoms with Gasteiger partial charge in [-0.25, -0.2) is 0 Å². The fraction of sp³-hybridized carbons (Fsp3) is 0.300. The topological polar surface area (TPSA) is 61.4 Å². The lowest BCUT2D eigenvalue weighted by molar-refractivity contribution is -0.137. The molecule has 150 valence electrons. The van der Waals surface area contributed by atoms with Crippen LogP contribution in [0.5, 0.6) is 0 Å². The third-order valence-corrected chi connectivity index (χ3v) is 3.98. The Morgan fingerprint density at radius 3 is 2.36 bits per heavy atom. The Labute approximate surface area is 161 Å². The molecule has 0 aliphatic rings. The first-order chi connectivity index (χ1) is 13.1. The SMILES string of the molecule is CN(C)C(=O)CCc1cccc(NCC(=O)Nc2cccc(C(F)(F)F)c2)c1. The molecule has 0 radical (unpaired) electrons. The Balaban J connectivity index is 1.89. The Morgan fingerprint density at radius 2 is 1.68 bits per heavy atom. The zero-order chi connectivity index (χ0) is 20.7. The van der Waals surface area contributed by atoms with Crippen molar-refractivity contribution < 1.29 is 22.8 Å². The molecule has 0 saturated heterocycles. The maximum atomic E-state index is 12.7. The van der Waals surface area contributed by atoms with Gasteiger partial charge in [-0.05, 0) is 42.3 Å². The van der Waals surface area contributed by atoms with Gasteiger partial charge in [-0.1, -0.05) is 18.2 Å². The summed E-state index contributed by atoms with van der Waals surface area (Å²) in [7, 11) is 3.40. The van der Waals surface area contributed by atoms with Crippen LogP contribution in [-0.2, 0) is 22.2 Å². The van der Waals surface area contributed by atoms with Crippen LogP contribution in [0, 0.1) is 0 Å². The van der Waals surface area contributed by atoms with Crippen LogP contribution >= 0.6 is 0 Å². The molecule has 2 aromatic rings. The van der Waals surface area contributed by atoms with E-state index in [0.29, 0.717) is 18.5 Å². The van der Waals surface area contributed by atoms with E-state index in [2.05, 4.69) is 10.6 Å². The molecule has 0 fully saturated rings. The van der Waals surface area contributed by atoms with Crippen molar-refractivity contribution in [3.63, 3.8) is 0 Å². The zero-order valence-corrected chi connectivity index (χ0v) is 15.6. The van der Waals surface area contributed by atoms with Gasteiger partial charge in [0.2, 0.25) is 11.8 Å². The van der Waals surface area contributed by atoms with Gasteiger partial charge in [0.25, 0.3) is 0 Å². The van der Waals surface area contributed by atoms with Crippen LogP contribution < -0.4 is 10.6 Å². The molecule has 28 heavy (non-hydrogen) atoms. The van der Waals surface area contributed by atoms with Gasteiger partial charge in [-0.15, -0.1) is 0 Å². The van der Waals surface area contributed by atoms with Crippen LogP contribution in [0.4, 0.5) is 24.5 Å². The summed E-state index contributed by atoms with van der Waals surface area (Å²) in [6, 6.07) is 11.8. The van der Waals surface area contributed by atoms with Gasteiger partial charge in [0.15, 0.2) is 0 Å². The highest BCUT2D eigenvalue weighted by Gasteiger charge is 2.30. The third-order valence-electron chi connectivity index (χ3n) is 3.98. The second-order valence-corrected chi connectivity index (χ2v) is 6.47. The fourth-order valence-electron chi connectivity index (χ4n) is 2.47. The van der Waals surface area contributed by atoms with Crippen molar-refractivity contribution in [1.29, 1.82) is 0 Å². The second kappa shape index (κ2) is 9.25. The van der Waals surface area contributed by atoms with E-state index in [4.69, 9.17) is 0 Å². The lowest BCUT2D eigenvalue weighted by atomic mass is 10.1. The van der Waals surface area contributed by atoms with Gasteiger partial charge in [0.1, 0.15) is 0 Å². The van der Waals surface area contributed by atoms with Crippen LogP contribution in [-0.4, -0.2) is 37.4 Å². The number of nitrogens with zero attached hydrogens (tertiary/aromatic N) is 1. The number of halogens is 3. The van der Waals surface area contributed by atoms with Crippen molar-refractivity contribution in [1.82, 2.24) is 4.90 Å². The monoisotopic (exact) mass is 393 g/mol. The summed E-state index contributed by atoms with van der Waals surface area (Å²) in [5.74, 6) is -0.439. The number of carbonyl (C=O) groups excluding carboxylic acids is 2. The van der Waals surface area contributed by atoms with Gasteiger partial charge in [0, 0.05) is 31.9 Å². The molecule has 0 heterocycles. The van der Waals surface area contributed by atoms with E-state index >= 15 is 0 Å². The summed E-state index contributed by atoms with van der Waals surface area (Å²) in [6.45, 7) is -0.101. The molecule has 0 saturated carbocycles. The number of hydrogen-bond acceptors (Lipinski definition) is 3. The first-order valence-electron chi connectivity index (χ1n) is 8.65.